The molecule has 28 heavy (non-hydrogen) atoms. The van der Waals surface area contributed by atoms with E-state index in [1.165, 1.54) is 41.8 Å². The molecule has 0 bridgehead atoms. The Morgan fingerprint density at radius 3 is 2.75 bits per heavy atom. The lowest BCUT2D eigenvalue weighted by Crippen LogP contribution is -2.10. The maximum absolute atomic E-state index is 13.0. The Kier molecular flexibility index (Phi) is 4.62. The first-order valence-electron chi connectivity index (χ1n) is 7.98. The van der Waals surface area contributed by atoms with E-state index in [0.717, 1.165) is 0 Å². The number of thiazole rings is 1. The maximum atomic E-state index is 13.0. The predicted molar refractivity (Wildman–Crippen MR) is 99.9 cm³/mol. The van der Waals surface area contributed by atoms with Crippen LogP contribution in [0.15, 0.2) is 58.5 Å². The van der Waals surface area contributed by atoms with E-state index in [0.29, 0.717) is 22.1 Å². The highest BCUT2D eigenvalue weighted by Crippen LogP contribution is 2.25. The van der Waals surface area contributed by atoms with Crippen molar-refractivity contribution in [3.05, 3.63) is 71.3 Å². The van der Waals surface area contributed by atoms with Gasteiger partial charge in [0.2, 0.25) is 11.7 Å². The Balaban J connectivity index is 1.49. The van der Waals surface area contributed by atoms with Crippen LogP contribution in [0.2, 0.25) is 0 Å². The van der Waals surface area contributed by atoms with Crippen molar-refractivity contribution in [2.75, 3.05) is 5.32 Å². The molecule has 3 aromatic heterocycles. The van der Waals surface area contributed by atoms with Gasteiger partial charge in [0, 0.05) is 10.9 Å². The molecule has 0 aliphatic heterocycles. The number of aromatic nitrogens is 3. The highest BCUT2D eigenvalue weighted by molar-refractivity contribution is 7.14. The van der Waals surface area contributed by atoms with Crippen molar-refractivity contribution in [1.82, 2.24) is 15.0 Å². The van der Waals surface area contributed by atoms with Gasteiger partial charge in [-0.25, -0.2) is 19.3 Å². The molecular formula is C19H10FN5O2S. The summed E-state index contributed by atoms with van der Waals surface area (Å²) in [6.07, 6.45) is 1.29. The van der Waals surface area contributed by atoms with Gasteiger partial charge in [-0.05, 0) is 36.4 Å². The van der Waals surface area contributed by atoms with Crippen molar-refractivity contribution >= 4 is 22.4 Å². The number of rotatable bonds is 4. The van der Waals surface area contributed by atoms with Gasteiger partial charge in [0.1, 0.15) is 23.3 Å². The van der Waals surface area contributed by atoms with Crippen LogP contribution < -0.4 is 5.32 Å². The quantitative estimate of drug-likeness (QED) is 0.561. The smallest absolute Gasteiger partial charge is 0.294 e. The van der Waals surface area contributed by atoms with E-state index in [-0.39, 0.29) is 23.2 Å². The number of benzene rings is 1. The first kappa shape index (κ1) is 17.5. The number of oxazole rings is 1. The largest absolute Gasteiger partial charge is 0.431 e. The van der Waals surface area contributed by atoms with E-state index in [1.807, 2.05) is 6.07 Å². The Labute approximate surface area is 162 Å². The fraction of sp³-hybridized carbons (Fsp3) is 0. The number of hydrogen-bond donors (Lipinski definition) is 1. The zero-order valence-corrected chi connectivity index (χ0v) is 14.9. The Morgan fingerprint density at radius 1 is 1.14 bits per heavy atom. The van der Waals surface area contributed by atoms with Gasteiger partial charge in [-0.2, -0.15) is 5.26 Å². The van der Waals surface area contributed by atoms with Gasteiger partial charge < -0.3 is 4.42 Å². The zero-order valence-electron chi connectivity index (χ0n) is 14.1. The molecule has 136 valence electrons. The SMILES string of the molecule is N#Cc1cccc(-c2csc(NC(=O)c3cnc(-c4ccc(F)cc4)o3)n2)n1. The van der Waals surface area contributed by atoms with E-state index in [1.54, 1.807) is 23.6 Å². The lowest BCUT2D eigenvalue weighted by Gasteiger charge is -1.98. The molecule has 4 aromatic rings. The second-order valence-corrected chi connectivity index (χ2v) is 6.41. The van der Waals surface area contributed by atoms with Crippen molar-refractivity contribution in [1.29, 1.82) is 5.26 Å². The van der Waals surface area contributed by atoms with Gasteiger partial charge in [-0.15, -0.1) is 11.3 Å². The summed E-state index contributed by atoms with van der Waals surface area (Å²) in [6.45, 7) is 0. The van der Waals surface area contributed by atoms with Crippen LogP contribution in [-0.4, -0.2) is 20.9 Å². The minimum Gasteiger partial charge on any atom is -0.431 e. The summed E-state index contributed by atoms with van der Waals surface area (Å²) in [5.74, 6) is -0.675. The van der Waals surface area contributed by atoms with Gasteiger partial charge in [0.15, 0.2) is 5.13 Å². The number of nitrogens with one attached hydrogen (secondary N) is 1. The van der Waals surface area contributed by atoms with Gasteiger partial charge in [-0.1, -0.05) is 6.07 Å². The zero-order chi connectivity index (χ0) is 19.5. The van der Waals surface area contributed by atoms with Gasteiger partial charge in [0.25, 0.3) is 5.91 Å². The fourth-order valence-electron chi connectivity index (χ4n) is 2.35. The molecule has 9 heteroatoms. The molecule has 0 saturated carbocycles. The van der Waals surface area contributed by atoms with E-state index in [4.69, 9.17) is 9.68 Å². The Bertz CT molecular complexity index is 1190. The molecule has 3 heterocycles. The molecule has 1 aromatic carbocycles. The first-order valence-corrected chi connectivity index (χ1v) is 8.86. The highest BCUT2D eigenvalue weighted by Gasteiger charge is 2.16. The number of nitrogens with zero attached hydrogens (tertiary/aromatic N) is 4. The number of amides is 1. The number of hydrogen-bond acceptors (Lipinski definition) is 7. The molecule has 0 aliphatic carbocycles. The minimum absolute atomic E-state index is 0.000628. The van der Waals surface area contributed by atoms with Crippen LogP contribution in [0.4, 0.5) is 9.52 Å². The molecule has 0 aliphatic rings. The van der Waals surface area contributed by atoms with Gasteiger partial charge in [-0.3, -0.25) is 10.1 Å². The van der Waals surface area contributed by atoms with E-state index in [9.17, 15) is 9.18 Å². The normalized spacial score (nSPS) is 10.4. The van der Waals surface area contributed by atoms with Crippen molar-refractivity contribution in [3.63, 3.8) is 0 Å². The minimum atomic E-state index is -0.513. The van der Waals surface area contributed by atoms with E-state index >= 15 is 0 Å². The molecule has 0 atom stereocenters. The van der Waals surface area contributed by atoms with E-state index < -0.39 is 5.91 Å². The summed E-state index contributed by atoms with van der Waals surface area (Å²) in [7, 11) is 0. The second-order valence-electron chi connectivity index (χ2n) is 5.55. The van der Waals surface area contributed by atoms with Crippen LogP contribution in [0.3, 0.4) is 0 Å². The molecule has 0 radical (unpaired) electrons. The molecule has 0 fully saturated rings. The van der Waals surface area contributed by atoms with Crippen molar-refractivity contribution in [3.8, 4) is 28.9 Å². The number of carbonyl (C=O) groups is 1. The highest BCUT2D eigenvalue weighted by atomic mass is 32.1. The third-order valence-corrected chi connectivity index (χ3v) is 4.43. The summed E-state index contributed by atoms with van der Waals surface area (Å²) in [6, 6.07) is 12.6. The third-order valence-electron chi connectivity index (χ3n) is 3.67. The molecule has 7 nitrogen and oxygen atoms in total. The molecule has 0 saturated heterocycles. The molecule has 1 N–H and O–H groups in total. The van der Waals surface area contributed by atoms with E-state index in [2.05, 4.69) is 20.3 Å². The summed E-state index contributed by atoms with van der Waals surface area (Å²) < 4.78 is 18.5. The van der Waals surface area contributed by atoms with Crippen LogP contribution in [0.1, 0.15) is 16.2 Å². The van der Waals surface area contributed by atoms with Crippen molar-refractivity contribution in [2.45, 2.75) is 0 Å². The molecular weight excluding hydrogens is 381 g/mol. The summed E-state index contributed by atoms with van der Waals surface area (Å²) in [5, 5.41) is 13.6. The van der Waals surface area contributed by atoms with Crippen LogP contribution in [0.25, 0.3) is 22.8 Å². The number of anilines is 1. The van der Waals surface area contributed by atoms with Crippen molar-refractivity contribution in [2.24, 2.45) is 0 Å². The average Bonchev–Trinajstić information content (AvgIpc) is 3.38. The standard InChI is InChI=1S/C19H10FN5O2S/c20-12-6-4-11(5-7-12)18-22-9-16(27-18)17(26)25-19-24-15(10-28-19)14-3-1-2-13(8-21)23-14/h1-7,9-10H,(H,24,25,26). The Hall–Kier alpha value is -3.90. The first-order chi connectivity index (χ1) is 13.6. The number of halogens is 1. The average molecular weight is 391 g/mol. The summed E-state index contributed by atoms with van der Waals surface area (Å²) >= 11 is 1.22. The number of carbonyl (C=O) groups excluding carboxylic acids is 1. The third kappa shape index (κ3) is 3.62. The second kappa shape index (κ2) is 7.38. The Morgan fingerprint density at radius 2 is 1.96 bits per heavy atom. The number of pyridine rings is 1. The number of nitriles is 1. The monoisotopic (exact) mass is 391 g/mol. The topological polar surface area (TPSA) is 105 Å². The van der Waals surface area contributed by atoms with Gasteiger partial charge in [0.05, 0.1) is 11.9 Å². The summed E-state index contributed by atoms with van der Waals surface area (Å²) in [5.41, 5.74) is 1.92. The lowest BCUT2D eigenvalue weighted by molar-refractivity contribution is 0.0997. The van der Waals surface area contributed by atoms with Crippen LogP contribution in [0.5, 0.6) is 0 Å². The van der Waals surface area contributed by atoms with Crippen molar-refractivity contribution < 1.29 is 13.6 Å². The predicted octanol–water partition coefficient (Wildman–Crippen LogP) is 4.12. The summed E-state index contributed by atoms with van der Waals surface area (Å²) in [4.78, 5) is 24.9. The molecule has 0 unspecified atom stereocenters. The lowest BCUT2D eigenvalue weighted by atomic mass is 10.2. The van der Waals surface area contributed by atoms with Crippen LogP contribution in [-0.2, 0) is 0 Å². The maximum Gasteiger partial charge on any atom is 0.294 e. The fourth-order valence-corrected chi connectivity index (χ4v) is 3.05. The van der Waals surface area contributed by atoms with Crippen LogP contribution >= 0.6 is 11.3 Å². The van der Waals surface area contributed by atoms with Gasteiger partial charge >= 0.3 is 0 Å². The van der Waals surface area contributed by atoms with Crippen LogP contribution in [0, 0.1) is 17.1 Å². The molecule has 1 amide bonds. The molecule has 4 rings (SSSR count). The molecule has 0 spiro atoms.